The first-order valence-corrected chi connectivity index (χ1v) is 5.20. The molecule has 0 aliphatic carbocycles. The fraction of sp³-hybridized carbons (Fsp3) is 0.900. The lowest BCUT2D eigenvalue weighted by Gasteiger charge is -2.40. The maximum absolute atomic E-state index is 10.6. The predicted octanol–water partition coefficient (Wildman–Crippen LogP) is 0.918. The summed E-state index contributed by atoms with van der Waals surface area (Å²) in [6.07, 6.45) is 2.00. The Hall–Kier alpha value is -0.770. The number of nitrogens with zero attached hydrogens (tertiary/aromatic N) is 1. The number of urea groups is 1. The summed E-state index contributed by atoms with van der Waals surface area (Å²) < 4.78 is 0. The van der Waals surface area contributed by atoms with Gasteiger partial charge in [0, 0.05) is 24.7 Å². The third-order valence-corrected chi connectivity index (χ3v) is 2.79. The number of piperidine rings is 1. The molecule has 1 aliphatic heterocycles. The van der Waals surface area contributed by atoms with Crippen LogP contribution in [0.15, 0.2) is 0 Å². The Morgan fingerprint density at radius 3 is 2.21 bits per heavy atom. The highest BCUT2D eigenvalue weighted by Crippen LogP contribution is 2.19. The van der Waals surface area contributed by atoms with Gasteiger partial charge >= 0.3 is 6.03 Å². The predicted molar refractivity (Wildman–Crippen MR) is 57.1 cm³/mol. The van der Waals surface area contributed by atoms with Gasteiger partial charge < -0.3 is 11.1 Å². The van der Waals surface area contributed by atoms with Gasteiger partial charge in [0.15, 0.2) is 0 Å². The van der Waals surface area contributed by atoms with Crippen LogP contribution in [0.5, 0.6) is 0 Å². The lowest BCUT2D eigenvalue weighted by Crippen LogP contribution is -2.51. The van der Waals surface area contributed by atoms with Crippen LogP contribution in [0.4, 0.5) is 4.79 Å². The van der Waals surface area contributed by atoms with E-state index < -0.39 is 6.03 Å². The van der Waals surface area contributed by atoms with E-state index >= 15 is 0 Å². The first-order valence-electron chi connectivity index (χ1n) is 5.20. The average molecular weight is 199 g/mol. The molecule has 0 atom stereocenters. The summed E-state index contributed by atoms with van der Waals surface area (Å²) in [7, 11) is 0. The Kier molecular flexibility index (Phi) is 3.37. The number of hydrogen-bond acceptors (Lipinski definition) is 2. The van der Waals surface area contributed by atoms with E-state index in [0.717, 1.165) is 25.9 Å². The molecule has 4 nitrogen and oxygen atoms in total. The second-order valence-electron chi connectivity index (χ2n) is 4.94. The van der Waals surface area contributed by atoms with E-state index in [1.165, 1.54) is 0 Å². The van der Waals surface area contributed by atoms with Crippen LogP contribution in [0.3, 0.4) is 0 Å². The highest BCUT2D eigenvalue weighted by Gasteiger charge is 2.26. The Morgan fingerprint density at radius 2 is 1.86 bits per heavy atom. The molecule has 0 radical (unpaired) electrons. The zero-order valence-electron chi connectivity index (χ0n) is 9.34. The highest BCUT2D eigenvalue weighted by molar-refractivity contribution is 5.71. The van der Waals surface area contributed by atoms with Crippen molar-refractivity contribution in [3.8, 4) is 0 Å². The molecule has 2 amide bonds. The Labute approximate surface area is 85.8 Å². The van der Waals surface area contributed by atoms with Crippen molar-refractivity contribution in [1.82, 2.24) is 10.2 Å². The fourth-order valence-electron chi connectivity index (χ4n) is 1.90. The third kappa shape index (κ3) is 3.18. The maximum atomic E-state index is 10.6. The normalized spacial score (nSPS) is 20.8. The maximum Gasteiger partial charge on any atom is 0.312 e. The number of amides is 2. The fourth-order valence-corrected chi connectivity index (χ4v) is 1.90. The monoisotopic (exact) mass is 199 g/mol. The van der Waals surface area contributed by atoms with Gasteiger partial charge in [-0.25, -0.2) is 4.79 Å². The molecule has 0 aromatic carbocycles. The van der Waals surface area contributed by atoms with Crippen LogP contribution >= 0.6 is 0 Å². The van der Waals surface area contributed by atoms with Crippen LogP contribution in [0, 0.1) is 0 Å². The molecule has 1 rings (SSSR count). The summed E-state index contributed by atoms with van der Waals surface area (Å²) in [5.74, 6) is 0. The molecular formula is C10H21N3O. The summed E-state index contributed by atoms with van der Waals surface area (Å²) in [6.45, 7) is 8.72. The van der Waals surface area contributed by atoms with Crippen molar-refractivity contribution in [2.45, 2.75) is 45.2 Å². The summed E-state index contributed by atoms with van der Waals surface area (Å²) >= 11 is 0. The second kappa shape index (κ2) is 4.17. The van der Waals surface area contributed by atoms with Crippen molar-refractivity contribution in [2.75, 3.05) is 13.1 Å². The molecular weight excluding hydrogens is 178 g/mol. The quantitative estimate of drug-likeness (QED) is 0.659. The number of carbonyl (C=O) groups is 1. The number of primary amides is 1. The Bertz CT molecular complexity index is 202. The number of likely N-dealkylation sites (tertiary alicyclic amines) is 1. The van der Waals surface area contributed by atoms with Gasteiger partial charge in [0.1, 0.15) is 0 Å². The molecule has 0 unspecified atom stereocenters. The molecule has 0 aromatic heterocycles. The third-order valence-electron chi connectivity index (χ3n) is 2.79. The van der Waals surface area contributed by atoms with Crippen LogP contribution in [0.2, 0.25) is 0 Å². The van der Waals surface area contributed by atoms with Crippen molar-refractivity contribution in [2.24, 2.45) is 5.73 Å². The summed E-state index contributed by atoms with van der Waals surface area (Å²) in [5, 5.41) is 2.77. The molecule has 82 valence electrons. The van der Waals surface area contributed by atoms with E-state index in [9.17, 15) is 4.79 Å². The zero-order chi connectivity index (χ0) is 10.8. The standard InChI is InChI=1S/C10H21N3O/c1-10(2,3)13-6-4-8(5-7-13)12-9(11)14/h8H,4-7H2,1-3H3,(H3,11,12,14). The minimum Gasteiger partial charge on any atom is -0.352 e. The van der Waals surface area contributed by atoms with Crippen LogP contribution in [0.25, 0.3) is 0 Å². The largest absolute Gasteiger partial charge is 0.352 e. The van der Waals surface area contributed by atoms with Gasteiger partial charge in [-0.05, 0) is 33.6 Å². The van der Waals surface area contributed by atoms with Crippen molar-refractivity contribution in [1.29, 1.82) is 0 Å². The minimum atomic E-state index is -0.404. The molecule has 0 saturated carbocycles. The summed E-state index contributed by atoms with van der Waals surface area (Å²) in [5.41, 5.74) is 5.31. The lowest BCUT2D eigenvalue weighted by atomic mass is 9.98. The van der Waals surface area contributed by atoms with Crippen molar-refractivity contribution >= 4 is 6.03 Å². The first-order chi connectivity index (χ1) is 6.39. The topological polar surface area (TPSA) is 58.4 Å². The van der Waals surface area contributed by atoms with Crippen LogP contribution in [-0.4, -0.2) is 35.6 Å². The van der Waals surface area contributed by atoms with Gasteiger partial charge in [0.05, 0.1) is 0 Å². The minimum absolute atomic E-state index is 0.234. The van der Waals surface area contributed by atoms with Crippen molar-refractivity contribution in [3.63, 3.8) is 0 Å². The van der Waals surface area contributed by atoms with Gasteiger partial charge in [-0.2, -0.15) is 0 Å². The zero-order valence-corrected chi connectivity index (χ0v) is 9.34. The smallest absolute Gasteiger partial charge is 0.312 e. The molecule has 1 saturated heterocycles. The first kappa shape index (κ1) is 11.3. The van der Waals surface area contributed by atoms with E-state index in [-0.39, 0.29) is 11.6 Å². The number of hydrogen-bond donors (Lipinski definition) is 2. The number of nitrogens with two attached hydrogens (primary N) is 1. The van der Waals surface area contributed by atoms with E-state index in [4.69, 9.17) is 5.73 Å². The SMILES string of the molecule is CC(C)(C)N1CCC(NC(N)=O)CC1. The van der Waals surface area contributed by atoms with Crippen LogP contribution in [0.1, 0.15) is 33.6 Å². The molecule has 3 N–H and O–H groups in total. The van der Waals surface area contributed by atoms with Gasteiger partial charge in [-0.1, -0.05) is 0 Å². The lowest BCUT2D eigenvalue weighted by molar-refractivity contribution is 0.0981. The average Bonchev–Trinajstić information content (AvgIpc) is 2.02. The number of rotatable bonds is 1. The van der Waals surface area contributed by atoms with E-state index in [2.05, 4.69) is 31.0 Å². The molecule has 0 spiro atoms. The Morgan fingerprint density at radius 1 is 1.36 bits per heavy atom. The van der Waals surface area contributed by atoms with Crippen LogP contribution in [-0.2, 0) is 0 Å². The molecule has 0 bridgehead atoms. The number of carbonyl (C=O) groups excluding carboxylic acids is 1. The molecule has 1 aliphatic rings. The molecule has 1 fully saturated rings. The molecule has 14 heavy (non-hydrogen) atoms. The molecule has 0 aromatic rings. The molecule has 1 heterocycles. The summed E-state index contributed by atoms with van der Waals surface area (Å²) in [6, 6.07) is -0.134. The van der Waals surface area contributed by atoms with E-state index in [1.54, 1.807) is 0 Å². The Balaban J connectivity index is 2.35. The number of nitrogens with one attached hydrogen (secondary N) is 1. The molecule has 4 heteroatoms. The van der Waals surface area contributed by atoms with Crippen molar-refractivity contribution in [3.05, 3.63) is 0 Å². The van der Waals surface area contributed by atoms with Gasteiger partial charge in [0.25, 0.3) is 0 Å². The van der Waals surface area contributed by atoms with Gasteiger partial charge in [-0.15, -0.1) is 0 Å². The van der Waals surface area contributed by atoms with Gasteiger partial charge in [-0.3, -0.25) is 4.90 Å². The highest BCUT2D eigenvalue weighted by atomic mass is 16.2. The second-order valence-corrected chi connectivity index (χ2v) is 4.94. The van der Waals surface area contributed by atoms with Crippen molar-refractivity contribution < 1.29 is 4.79 Å². The van der Waals surface area contributed by atoms with E-state index in [0.29, 0.717) is 0 Å². The van der Waals surface area contributed by atoms with Crippen LogP contribution < -0.4 is 11.1 Å². The summed E-state index contributed by atoms with van der Waals surface area (Å²) in [4.78, 5) is 13.1. The van der Waals surface area contributed by atoms with Gasteiger partial charge in [0.2, 0.25) is 0 Å². The van der Waals surface area contributed by atoms with E-state index in [1.807, 2.05) is 0 Å².